The normalized spacial score (nSPS) is 13.0. The smallest absolute Gasteiger partial charge is 0.267 e. The number of fused-ring (bicyclic) bond motifs is 1. The highest BCUT2D eigenvalue weighted by atomic mass is 32.2. The van der Waals surface area contributed by atoms with Gasteiger partial charge in [-0.15, -0.1) is 0 Å². The lowest BCUT2D eigenvalue weighted by Crippen LogP contribution is -2.34. The van der Waals surface area contributed by atoms with Crippen LogP contribution >= 0.6 is 11.8 Å². The topological polar surface area (TPSA) is 55.2 Å². The summed E-state index contributed by atoms with van der Waals surface area (Å²) in [6.45, 7) is 0.589. The van der Waals surface area contributed by atoms with Crippen molar-refractivity contribution < 1.29 is 13.6 Å². The van der Waals surface area contributed by atoms with Crippen LogP contribution in [0.2, 0.25) is 0 Å². The third-order valence-electron chi connectivity index (χ3n) is 3.54. The maximum atomic E-state index is 13.2. The van der Waals surface area contributed by atoms with E-state index in [1.54, 1.807) is 0 Å². The van der Waals surface area contributed by atoms with E-state index >= 15 is 0 Å². The van der Waals surface area contributed by atoms with Crippen molar-refractivity contribution in [2.45, 2.75) is 18.2 Å². The molecule has 1 amide bonds. The van der Waals surface area contributed by atoms with E-state index in [4.69, 9.17) is 0 Å². The molecule has 0 unspecified atom stereocenters. The van der Waals surface area contributed by atoms with E-state index in [1.807, 2.05) is 0 Å². The summed E-state index contributed by atoms with van der Waals surface area (Å²) in [5, 5.41) is 0.606. The summed E-state index contributed by atoms with van der Waals surface area (Å²) < 4.78 is 27.6. The van der Waals surface area contributed by atoms with Gasteiger partial charge in [0.15, 0.2) is 16.8 Å². The van der Waals surface area contributed by atoms with Gasteiger partial charge in [-0.3, -0.25) is 14.2 Å². The lowest BCUT2D eigenvalue weighted by atomic mass is 10.2. The number of benzene rings is 1. The average Bonchev–Trinajstić information content (AvgIpc) is 3.00. The predicted molar refractivity (Wildman–Crippen MR) is 81.4 cm³/mol. The zero-order valence-corrected chi connectivity index (χ0v) is 13.1. The number of nitrogens with zero attached hydrogens (tertiary/aromatic N) is 3. The Hall–Kier alpha value is -2.22. The Labute approximate surface area is 134 Å². The standard InChI is InChI=1S/C15H13F2N3O2S/c1-19(8-9-2-3-11(16)12(17)6-9)13(21)10-7-18-15-20(14(10)22)4-5-23-15/h2-3,6-7H,4-5,8H2,1H3. The van der Waals surface area contributed by atoms with Crippen LogP contribution in [0.4, 0.5) is 8.78 Å². The van der Waals surface area contributed by atoms with Crippen LogP contribution in [0.5, 0.6) is 0 Å². The Balaban J connectivity index is 1.83. The molecule has 0 bridgehead atoms. The van der Waals surface area contributed by atoms with Crippen molar-refractivity contribution in [1.82, 2.24) is 14.5 Å². The molecule has 0 spiro atoms. The van der Waals surface area contributed by atoms with Crippen molar-refractivity contribution >= 4 is 17.7 Å². The summed E-state index contributed by atoms with van der Waals surface area (Å²) in [7, 11) is 1.50. The van der Waals surface area contributed by atoms with Crippen molar-refractivity contribution in [2.24, 2.45) is 0 Å². The number of hydrogen-bond donors (Lipinski definition) is 0. The monoisotopic (exact) mass is 337 g/mol. The zero-order chi connectivity index (χ0) is 16.6. The van der Waals surface area contributed by atoms with Gasteiger partial charge in [0.25, 0.3) is 11.5 Å². The second-order valence-corrected chi connectivity index (χ2v) is 6.23. The highest BCUT2D eigenvalue weighted by Gasteiger charge is 2.22. The number of rotatable bonds is 3. The Morgan fingerprint density at radius 2 is 2.17 bits per heavy atom. The summed E-state index contributed by atoms with van der Waals surface area (Å²) in [6, 6.07) is 3.43. The van der Waals surface area contributed by atoms with Crippen LogP contribution in [0.25, 0.3) is 0 Å². The number of thioether (sulfide) groups is 1. The molecule has 1 aliphatic heterocycles. The summed E-state index contributed by atoms with van der Waals surface area (Å²) in [4.78, 5) is 30.1. The van der Waals surface area contributed by atoms with E-state index in [-0.39, 0.29) is 17.7 Å². The van der Waals surface area contributed by atoms with Crippen molar-refractivity contribution in [1.29, 1.82) is 0 Å². The minimum Gasteiger partial charge on any atom is -0.337 e. The molecule has 0 fully saturated rings. The third kappa shape index (κ3) is 2.98. The fourth-order valence-electron chi connectivity index (χ4n) is 2.35. The molecule has 0 aliphatic carbocycles. The molecular formula is C15H13F2N3O2S. The van der Waals surface area contributed by atoms with Gasteiger partial charge in [-0.25, -0.2) is 13.8 Å². The first-order chi connectivity index (χ1) is 11.0. The van der Waals surface area contributed by atoms with Gasteiger partial charge in [0.1, 0.15) is 5.56 Å². The van der Waals surface area contributed by atoms with E-state index < -0.39 is 17.5 Å². The van der Waals surface area contributed by atoms with Gasteiger partial charge in [0, 0.05) is 32.1 Å². The summed E-state index contributed by atoms with van der Waals surface area (Å²) >= 11 is 1.47. The van der Waals surface area contributed by atoms with Crippen LogP contribution in [-0.2, 0) is 13.1 Å². The molecule has 5 nitrogen and oxygen atoms in total. The van der Waals surface area contributed by atoms with Crippen LogP contribution in [0.3, 0.4) is 0 Å². The second-order valence-electron chi connectivity index (χ2n) is 5.17. The summed E-state index contributed by atoms with van der Waals surface area (Å²) in [6.07, 6.45) is 1.27. The zero-order valence-electron chi connectivity index (χ0n) is 12.3. The molecule has 3 rings (SSSR count). The molecular weight excluding hydrogens is 324 g/mol. The fraction of sp³-hybridized carbons (Fsp3) is 0.267. The SMILES string of the molecule is CN(Cc1ccc(F)c(F)c1)C(=O)c1cnc2n(c1=O)CCS2. The highest BCUT2D eigenvalue weighted by Crippen LogP contribution is 2.20. The molecule has 0 atom stereocenters. The van der Waals surface area contributed by atoms with Gasteiger partial charge in [0.2, 0.25) is 0 Å². The van der Waals surface area contributed by atoms with Crippen molar-refractivity contribution in [3.8, 4) is 0 Å². The molecule has 2 heterocycles. The van der Waals surface area contributed by atoms with Gasteiger partial charge in [-0.05, 0) is 17.7 Å². The summed E-state index contributed by atoms with van der Waals surface area (Å²) in [5.41, 5.74) is 0.0352. The quantitative estimate of drug-likeness (QED) is 0.803. The molecule has 0 N–H and O–H groups in total. The minimum absolute atomic E-state index is 0.0265. The molecule has 120 valence electrons. The average molecular weight is 337 g/mol. The van der Waals surface area contributed by atoms with Crippen LogP contribution in [-0.4, -0.2) is 33.2 Å². The molecule has 1 aromatic heterocycles. The lowest BCUT2D eigenvalue weighted by molar-refractivity contribution is 0.0781. The summed E-state index contributed by atoms with van der Waals surface area (Å²) in [5.74, 6) is -1.66. The van der Waals surface area contributed by atoms with Gasteiger partial charge >= 0.3 is 0 Å². The van der Waals surface area contributed by atoms with Crippen molar-refractivity contribution in [3.05, 3.63) is 57.5 Å². The van der Waals surface area contributed by atoms with Gasteiger partial charge in [-0.2, -0.15) is 0 Å². The first-order valence-corrected chi connectivity index (χ1v) is 7.88. The van der Waals surface area contributed by atoms with Crippen molar-refractivity contribution in [2.75, 3.05) is 12.8 Å². The maximum Gasteiger partial charge on any atom is 0.267 e. The van der Waals surface area contributed by atoms with Crippen LogP contribution in [0.1, 0.15) is 15.9 Å². The number of halogens is 2. The minimum atomic E-state index is -0.973. The van der Waals surface area contributed by atoms with Crippen molar-refractivity contribution in [3.63, 3.8) is 0 Å². The first-order valence-electron chi connectivity index (χ1n) is 6.89. The van der Waals surface area contributed by atoms with E-state index in [9.17, 15) is 18.4 Å². The number of hydrogen-bond acceptors (Lipinski definition) is 4. The third-order valence-corrected chi connectivity index (χ3v) is 4.51. The highest BCUT2D eigenvalue weighted by molar-refractivity contribution is 7.99. The fourth-order valence-corrected chi connectivity index (χ4v) is 3.27. The number of aromatic nitrogens is 2. The van der Waals surface area contributed by atoms with Gasteiger partial charge in [0.05, 0.1) is 0 Å². The van der Waals surface area contributed by atoms with Gasteiger partial charge in [-0.1, -0.05) is 17.8 Å². The van der Waals surface area contributed by atoms with E-state index in [2.05, 4.69) is 4.98 Å². The molecule has 0 saturated heterocycles. The Morgan fingerprint density at radius 3 is 2.91 bits per heavy atom. The van der Waals surface area contributed by atoms with Crippen LogP contribution < -0.4 is 5.56 Å². The van der Waals surface area contributed by atoms with E-state index in [1.165, 1.54) is 40.5 Å². The number of carbonyl (C=O) groups is 1. The maximum absolute atomic E-state index is 13.2. The predicted octanol–water partition coefficient (Wildman–Crippen LogP) is 1.90. The second kappa shape index (κ2) is 6.11. The molecule has 2 aromatic rings. The van der Waals surface area contributed by atoms with Crippen LogP contribution in [0.15, 0.2) is 34.3 Å². The Kier molecular flexibility index (Phi) is 4.16. The molecule has 0 saturated carbocycles. The molecule has 1 aliphatic rings. The molecule has 1 aromatic carbocycles. The van der Waals surface area contributed by atoms with Gasteiger partial charge < -0.3 is 4.90 Å². The van der Waals surface area contributed by atoms with Crippen LogP contribution in [0, 0.1) is 11.6 Å². The van der Waals surface area contributed by atoms with E-state index in [0.29, 0.717) is 17.3 Å². The largest absolute Gasteiger partial charge is 0.337 e. The molecule has 23 heavy (non-hydrogen) atoms. The Bertz CT molecular complexity index is 838. The number of carbonyl (C=O) groups excluding carboxylic acids is 1. The van der Waals surface area contributed by atoms with E-state index in [0.717, 1.165) is 17.9 Å². The Morgan fingerprint density at radius 1 is 1.39 bits per heavy atom. The lowest BCUT2D eigenvalue weighted by Gasteiger charge is -2.17. The molecule has 8 heteroatoms. The first kappa shape index (κ1) is 15.7. The number of amides is 1. The molecule has 0 radical (unpaired) electrons.